The summed E-state index contributed by atoms with van der Waals surface area (Å²) in [5.74, 6) is 1.43. The van der Waals surface area contributed by atoms with Crippen LogP contribution in [0.4, 0.5) is 0 Å². The van der Waals surface area contributed by atoms with Crippen molar-refractivity contribution in [2.45, 2.75) is 0 Å². The summed E-state index contributed by atoms with van der Waals surface area (Å²) in [5, 5.41) is 0. The number of hydrogen-bond donors (Lipinski definition) is 2. The second-order valence-electron chi connectivity index (χ2n) is 3.03. The van der Waals surface area contributed by atoms with Gasteiger partial charge in [-0.05, 0) is 18.2 Å². The predicted molar refractivity (Wildman–Crippen MR) is 64.9 cm³/mol. The Hall–Kier alpha value is -1.96. The minimum atomic E-state index is -4.67. The Balaban J connectivity index is 0.000000280. The summed E-state index contributed by atoms with van der Waals surface area (Å²) in [7, 11) is -4.67. The molecule has 7 heteroatoms. The summed E-state index contributed by atoms with van der Waals surface area (Å²) in [6.07, 6.45) is 1.71. The number of pyridine rings is 1. The smallest absolute Gasteiger partial charge is 0.394 e. The molecule has 1 aromatic carbocycles. The van der Waals surface area contributed by atoms with E-state index in [9.17, 15) is 0 Å². The Morgan fingerprint density at radius 3 is 2.00 bits per heavy atom. The average Bonchev–Trinajstić information content (AvgIpc) is 2.29. The quantitative estimate of drug-likeness (QED) is 0.811. The van der Waals surface area contributed by atoms with Gasteiger partial charge >= 0.3 is 10.4 Å². The van der Waals surface area contributed by atoms with Crippen molar-refractivity contribution in [3.8, 4) is 11.6 Å². The van der Waals surface area contributed by atoms with Gasteiger partial charge in [-0.2, -0.15) is 8.42 Å². The van der Waals surface area contributed by atoms with Gasteiger partial charge in [0.2, 0.25) is 5.88 Å². The highest BCUT2D eigenvalue weighted by molar-refractivity contribution is 7.79. The molecule has 1 aromatic heterocycles. The second-order valence-corrected chi connectivity index (χ2v) is 3.93. The van der Waals surface area contributed by atoms with Gasteiger partial charge in [0.15, 0.2) is 0 Å². The van der Waals surface area contributed by atoms with Gasteiger partial charge < -0.3 is 4.74 Å². The maximum atomic E-state index is 8.74. The lowest BCUT2D eigenvalue weighted by atomic mass is 10.3. The third kappa shape index (κ3) is 7.34. The van der Waals surface area contributed by atoms with Crippen molar-refractivity contribution >= 4 is 10.4 Å². The molecule has 1 heterocycles. The fourth-order valence-corrected chi connectivity index (χ4v) is 1.02. The molecule has 0 amide bonds. The van der Waals surface area contributed by atoms with Gasteiger partial charge in [-0.1, -0.05) is 24.3 Å². The highest BCUT2D eigenvalue weighted by Crippen LogP contribution is 2.17. The molecule has 6 nitrogen and oxygen atoms in total. The number of nitrogens with zero attached hydrogens (tertiary/aromatic N) is 1. The average molecular weight is 269 g/mol. The van der Waals surface area contributed by atoms with Crippen molar-refractivity contribution in [1.29, 1.82) is 0 Å². The van der Waals surface area contributed by atoms with Gasteiger partial charge in [0.05, 0.1) is 0 Å². The van der Waals surface area contributed by atoms with Crippen molar-refractivity contribution in [3.05, 3.63) is 54.7 Å². The molecule has 18 heavy (non-hydrogen) atoms. The highest BCUT2D eigenvalue weighted by atomic mass is 32.3. The topological polar surface area (TPSA) is 96.7 Å². The van der Waals surface area contributed by atoms with Crippen LogP contribution in [0.2, 0.25) is 0 Å². The van der Waals surface area contributed by atoms with Crippen molar-refractivity contribution in [2.75, 3.05) is 0 Å². The molecule has 0 aliphatic heterocycles. The van der Waals surface area contributed by atoms with Crippen LogP contribution in [-0.2, 0) is 10.4 Å². The molecule has 0 spiro atoms. The first kappa shape index (κ1) is 14.1. The van der Waals surface area contributed by atoms with E-state index in [0.717, 1.165) is 5.75 Å². The van der Waals surface area contributed by atoms with Crippen molar-refractivity contribution < 1.29 is 22.3 Å². The van der Waals surface area contributed by atoms with E-state index in [1.54, 1.807) is 6.20 Å². The van der Waals surface area contributed by atoms with Crippen molar-refractivity contribution in [1.82, 2.24) is 4.98 Å². The second kappa shape index (κ2) is 6.70. The van der Waals surface area contributed by atoms with E-state index < -0.39 is 10.4 Å². The Labute approximate surface area is 104 Å². The lowest BCUT2D eigenvalue weighted by molar-refractivity contribution is 0.381. The number of aromatic nitrogens is 1. The van der Waals surface area contributed by atoms with E-state index in [2.05, 4.69) is 4.98 Å². The molecule has 0 saturated carbocycles. The van der Waals surface area contributed by atoms with Crippen LogP contribution in [0.25, 0.3) is 0 Å². The first-order chi connectivity index (χ1) is 8.45. The number of ether oxygens (including phenoxy) is 1. The zero-order chi connectivity index (χ0) is 13.4. The fraction of sp³-hybridized carbons (Fsp3) is 0. The van der Waals surface area contributed by atoms with Crippen LogP contribution >= 0.6 is 0 Å². The summed E-state index contributed by atoms with van der Waals surface area (Å²) < 4.78 is 37.1. The molecule has 0 saturated heterocycles. The lowest BCUT2D eigenvalue weighted by Crippen LogP contribution is -1.89. The van der Waals surface area contributed by atoms with Gasteiger partial charge in [0.25, 0.3) is 0 Å². The van der Waals surface area contributed by atoms with Crippen molar-refractivity contribution in [2.24, 2.45) is 0 Å². The summed E-state index contributed by atoms with van der Waals surface area (Å²) in [5.41, 5.74) is 0. The van der Waals surface area contributed by atoms with Gasteiger partial charge in [-0.3, -0.25) is 9.11 Å². The van der Waals surface area contributed by atoms with Crippen LogP contribution in [0.1, 0.15) is 0 Å². The Bertz CT molecular complexity index is 511. The molecular weight excluding hydrogens is 258 g/mol. The van der Waals surface area contributed by atoms with Crippen LogP contribution in [0, 0.1) is 0 Å². The molecule has 0 unspecified atom stereocenters. The SMILES string of the molecule is O=S(=O)(O)O.c1ccc(Oc2ccccn2)cc1. The highest BCUT2D eigenvalue weighted by Gasteiger charge is 1.93. The van der Waals surface area contributed by atoms with E-state index >= 15 is 0 Å². The zero-order valence-electron chi connectivity index (χ0n) is 9.17. The minimum Gasteiger partial charge on any atom is -0.439 e. The molecule has 0 bridgehead atoms. The molecule has 2 N–H and O–H groups in total. The van der Waals surface area contributed by atoms with Crippen LogP contribution in [0.15, 0.2) is 54.7 Å². The van der Waals surface area contributed by atoms with Crippen LogP contribution < -0.4 is 4.74 Å². The first-order valence-electron chi connectivity index (χ1n) is 4.79. The monoisotopic (exact) mass is 269 g/mol. The standard InChI is InChI=1S/C11H9NO.H2O4S/c1-2-6-10(7-3-1)13-11-8-4-5-9-12-11;1-5(2,3)4/h1-9H;(H2,1,2,3,4). The van der Waals surface area contributed by atoms with Gasteiger partial charge in [-0.25, -0.2) is 4.98 Å². The van der Waals surface area contributed by atoms with E-state index in [-0.39, 0.29) is 0 Å². The first-order valence-corrected chi connectivity index (χ1v) is 6.18. The maximum Gasteiger partial charge on any atom is 0.394 e. The molecule has 2 aromatic rings. The number of rotatable bonds is 2. The van der Waals surface area contributed by atoms with E-state index in [1.807, 2.05) is 48.5 Å². The molecule has 2 rings (SSSR count). The molecule has 0 radical (unpaired) electrons. The molecule has 96 valence electrons. The van der Waals surface area contributed by atoms with E-state index in [1.165, 1.54) is 0 Å². The normalized spacial score (nSPS) is 10.1. The van der Waals surface area contributed by atoms with Crippen LogP contribution in [0.5, 0.6) is 11.6 Å². The number of para-hydroxylation sites is 1. The zero-order valence-corrected chi connectivity index (χ0v) is 9.99. The number of hydrogen-bond acceptors (Lipinski definition) is 4. The largest absolute Gasteiger partial charge is 0.439 e. The summed E-state index contributed by atoms with van der Waals surface area (Å²) in [6.45, 7) is 0. The minimum absolute atomic E-state index is 0.619. The maximum absolute atomic E-state index is 8.74. The third-order valence-corrected chi connectivity index (χ3v) is 1.60. The van der Waals surface area contributed by atoms with Gasteiger partial charge in [0.1, 0.15) is 5.75 Å². The molecule has 0 aliphatic rings. The molecule has 0 atom stereocenters. The van der Waals surface area contributed by atoms with Gasteiger partial charge in [-0.15, -0.1) is 0 Å². The third-order valence-electron chi connectivity index (χ3n) is 1.60. The number of benzene rings is 1. The van der Waals surface area contributed by atoms with Crippen LogP contribution in [-0.4, -0.2) is 22.5 Å². The Morgan fingerprint density at radius 1 is 0.944 bits per heavy atom. The Morgan fingerprint density at radius 2 is 1.50 bits per heavy atom. The van der Waals surface area contributed by atoms with E-state index in [4.69, 9.17) is 22.3 Å². The van der Waals surface area contributed by atoms with Crippen LogP contribution in [0.3, 0.4) is 0 Å². The summed E-state index contributed by atoms with van der Waals surface area (Å²) >= 11 is 0. The molecule has 0 fully saturated rings. The lowest BCUT2D eigenvalue weighted by Gasteiger charge is -2.02. The molecular formula is C11H11NO5S. The van der Waals surface area contributed by atoms with Gasteiger partial charge in [0, 0.05) is 12.3 Å². The summed E-state index contributed by atoms with van der Waals surface area (Å²) in [4.78, 5) is 4.05. The van der Waals surface area contributed by atoms with E-state index in [0.29, 0.717) is 5.88 Å². The van der Waals surface area contributed by atoms with Crippen molar-refractivity contribution in [3.63, 3.8) is 0 Å². The summed E-state index contributed by atoms with van der Waals surface area (Å²) in [6, 6.07) is 15.2. The Kier molecular flexibility index (Phi) is 5.25. The molecule has 0 aliphatic carbocycles. The predicted octanol–water partition coefficient (Wildman–Crippen LogP) is 2.22. The fourth-order valence-electron chi connectivity index (χ4n) is 1.02.